The van der Waals surface area contributed by atoms with E-state index >= 15 is 0 Å². The fourth-order valence-electron chi connectivity index (χ4n) is 3.52. The molecule has 0 spiro atoms. The SMILES string of the molecule is COC(=O)C1=CC[C@@H](C)[C@H](CN2CCC(OCc3ccccc3)CC2)O1. The van der Waals surface area contributed by atoms with Crippen LogP contribution >= 0.6 is 0 Å². The molecule has 0 amide bonds. The molecule has 1 aromatic rings. The number of esters is 1. The number of piperidine rings is 1. The van der Waals surface area contributed by atoms with Crippen LogP contribution in [0.4, 0.5) is 0 Å². The number of hydrogen-bond acceptors (Lipinski definition) is 5. The Kier molecular flexibility index (Phi) is 6.69. The Bertz CT molecular complexity index is 608. The minimum Gasteiger partial charge on any atom is -0.482 e. The number of rotatable bonds is 6. The molecule has 142 valence electrons. The van der Waals surface area contributed by atoms with Crippen LogP contribution in [0.2, 0.25) is 0 Å². The van der Waals surface area contributed by atoms with Crippen molar-refractivity contribution in [3.05, 3.63) is 47.7 Å². The average Bonchev–Trinajstić information content (AvgIpc) is 2.69. The van der Waals surface area contributed by atoms with Gasteiger partial charge in [0.05, 0.1) is 19.8 Å². The van der Waals surface area contributed by atoms with Gasteiger partial charge in [0.2, 0.25) is 5.76 Å². The van der Waals surface area contributed by atoms with Gasteiger partial charge in [-0.2, -0.15) is 0 Å². The molecule has 5 nitrogen and oxygen atoms in total. The normalized spacial score (nSPS) is 24.6. The van der Waals surface area contributed by atoms with E-state index in [1.807, 2.05) is 24.3 Å². The number of likely N-dealkylation sites (tertiary alicyclic amines) is 1. The monoisotopic (exact) mass is 359 g/mol. The lowest BCUT2D eigenvalue weighted by molar-refractivity contribution is -0.143. The van der Waals surface area contributed by atoms with Gasteiger partial charge >= 0.3 is 5.97 Å². The molecule has 1 aromatic carbocycles. The fourth-order valence-corrected chi connectivity index (χ4v) is 3.52. The van der Waals surface area contributed by atoms with Crippen LogP contribution in [0.5, 0.6) is 0 Å². The summed E-state index contributed by atoms with van der Waals surface area (Å²) in [6.07, 6.45) is 5.13. The first-order valence-corrected chi connectivity index (χ1v) is 9.48. The van der Waals surface area contributed by atoms with E-state index in [1.165, 1.54) is 12.7 Å². The molecule has 0 unspecified atom stereocenters. The minimum absolute atomic E-state index is 0.0379. The summed E-state index contributed by atoms with van der Waals surface area (Å²) in [5.74, 6) is 0.377. The summed E-state index contributed by atoms with van der Waals surface area (Å²) in [5.41, 5.74) is 1.22. The minimum atomic E-state index is -0.380. The largest absolute Gasteiger partial charge is 0.482 e. The van der Waals surface area contributed by atoms with Crippen molar-refractivity contribution in [3.8, 4) is 0 Å². The topological polar surface area (TPSA) is 48.0 Å². The van der Waals surface area contributed by atoms with E-state index in [0.717, 1.165) is 38.9 Å². The zero-order valence-electron chi connectivity index (χ0n) is 15.7. The molecule has 2 aliphatic heterocycles. The number of hydrogen-bond donors (Lipinski definition) is 0. The summed E-state index contributed by atoms with van der Waals surface area (Å²) in [6, 6.07) is 10.3. The number of allylic oxidation sites excluding steroid dienone is 1. The highest BCUT2D eigenvalue weighted by molar-refractivity contribution is 5.86. The number of carbonyl (C=O) groups is 1. The molecular formula is C21H29NO4. The van der Waals surface area contributed by atoms with Gasteiger partial charge in [-0.3, -0.25) is 4.90 Å². The highest BCUT2D eigenvalue weighted by atomic mass is 16.6. The maximum absolute atomic E-state index is 11.7. The average molecular weight is 359 g/mol. The van der Waals surface area contributed by atoms with Crippen LogP contribution in [0, 0.1) is 5.92 Å². The Balaban J connectivity index is 1.42. The Morgan fingerprint density at radius 2 is 1.96 bits per heavy atom. The molecule has 0 aromatic heterocycles. The zero-order valence-corrected chi connectivity index (χ0v) is 15.7. The lowest BCUT2D eigenvalue weighted by Gasteiger charge is -2.37. The zero-order chi connectivity index (χ0) is 18.4. The molecule has 0 radical (unpaired) electrons. The number of benzene rings is 1. The predicted octanol–water partition coefficient (Wildman–Crippen LogP) is 3.15. The van der Waals surface area contributed by atoms with E-state index in [4.69, 9.17) is 14.2 Å². The van der Waals surface area contributed by atoms with E-state index in [2.05, 4.69) is 24.0 Å². The first kappa shape index (κ1) is 18.9. The third kappa shape index (κ3) is 5.08. The van der Waals surface area contributed by atoms with Crippen molar-refractivity contribution in [2.24, 2.45) is 5.92 Å². The van der Waals surface area contributed by atoms with Crippen molar-refractivity contribution in [1.29, 1.82) is 0 Å². The summed E-state index contributed by atoms with van der Waals surface area (Å²) in [5, 5.41) is 0. The second kappa shape index (κ2) is 9.19. The maximum atomic E-state index is 11.7. The quantitative estimate of drug-likeness (QED) is 0.730. The molecule has 2 atom stereocenters. The van der Waals surface area contributed by atoms with Gasteiger partial charge in [0.15, 0.2) is 0 Å². The van der Waals surface area contributed by atoms with E-state index in [1.54, 1.807) is 0 Å². The molecule has 0 aliphatic carbocycles. The van der Waals surface area contributed by atoms with Crippen molar-refractivity contribution in [2.75, 3.05) is 26.7 Å². The molecule has 0 N–H and O–H groups in total. The molecular weight excluding hydrogens is 330 g/mol. The van der Waals surface area contributed by atoms with E-state index in [-0.39, 0.29) is 12.1 Å². The van der Waals surface area contributed by atoms with Crippen molar-refractivity contribution in [3.63, 3.8) is 0 Å². The highest BCUT2D eigenvalue weighted by Gasteiger charge is 2.30. The van der Waals surface area contributed by atoms with Gasteiger partial charge in [-0.1, -0.05) is 37.3 Å². The summed E-state index contributed by atoms with van der Waals surface area (Å²) in [6.45, 7) is 5.71. The number of methoxy groups -OCH3 is 1. The van der Waals surface area contributed by atoms with Crippen molar-refractivity contribution in [2.45, 2.75) is 45.0 Å². The van der Waals surface area contributed by atoms with Crippen molar-refractivity contribution < 1.29 is 19.0 Å². The third-order valence-electron chi connectivity index (χ3n) is 5.28. The first-order chi connectivity index (χ1) is 12.7. The second-order valence-electron chi connectivity index (χ2n) is 7.23. The molecule has 26 heavy (non-hydrogen) atoms. The smallest absolute Gasteiger partial charge is 0.372 e. The molecule has 0 saturated carbocycles. The summed E-state index contributed by atoms with van der Waals surface area (Å²) in [7, 11) is 1.39. The van der Waals surface area contributed by atoms with Gasteiger partial charge in [-0.15, -0.1) is 0 Å². The van der Waals surface area contributed by atoms with E-state index < -0.39 is 0 Å². The number of nitrogens with zero attached hydrogens (tertiary/aromatic N) is 1. The van der Waals surface area contributed by atoms with Crippen LogP contribution in [0.3, 0.4) is 0 Å². The molecule has 5 heteroatoms. The second-order valence-corrected chi connectivity index (χ2v) is 7.23. The van der Waals surface area contributed by atoms with Crippen LogP contribution < -0.4 is 0 Å². The van der Waals surface area contributed by atoms with E-state index in [0.29, 0.717) is 24.4 Å². The molecule has 2 heterocycles. The van der Waals surface area contributed by atoms with Gasteiger partial charge < -0.3 is 14.2 Å². The van der Waals surface area contributed by atoms with Gasteiger partial charge in [0.25, 0.3) is 0 Å². The molecule has 1 saturated heterocycles. The van der Waals surface area contributed by atoms with Crippen LogP contribution in [0.1, 0.15) is 31.7 Å². The van der Waals surface area contributed by atoms with E-state index in [9.17, 15) is 4.79 Å². The first-order valence-electron chi connectivity index (χ1n) is 9.48. The van der Waals surface area contributed by atoms with Crippen LogP contribution in [0.15, 0.2) is 42.2 Å². The van der Waals surface area contributed by atoms with Gasteiger partial charge in [-0.25, -0.2) is 4.79 Å². The molecule has 3 rings (SSSR count). The van der Waals surface area contributed by atoms with Gasteiger partial charge in [0, 0.05) is 19.6 Å². The highest BCUT2D eigenvalue weighted by Crippen LogP contribution is 2.25. The third-order valence-corrected chi connectivity index (χ3v) is 5.28. The Morgan fingerprint density at radius 3 is 2.65 bits per heavy atom. The Hall–Kier alpha value is -1.85. The van der Waals surface area contributed by atoms with Gasteiger partial charge in [-0.05, 0) is 36.8 Å². The van der Waals surface area contributed by atoms with Gasteiger partial charge in [0.1, 0.15) is 6.10 Å². The summed E-state index contributed by atoms with van der Waals surface area (Å²) >= 11 is 0. The number of ether oxygens (including phenoxy) is 3. The van der Waals surface area contributed by atoms with Crippen LogP contribution in [0.25, 0.3) is 0 Å². The molecule has 0 bridgehead atoms. The fraction of sp³-hybridized carbons (Fsp3) is 0.571. The molecule has 2 aliphatic rings. The summed E-state index contributed by atoms with van der Waals surface area (Å²) in [4.78, 5) is 14.1. The lowest BCUT2D eigenvalue weighted by Crippen LogP contribution is -2.44. The standard InChI is InChI=1S/C21H29NO4/c1-16-8-9-19(21(23)24-2)26-20(16)14-22-12-10-18(11-13-22)25-15-17-6-4-3-5-7-17/h3-7,9,16,18,20H,8,10-15H2,1-2H3/t16-,20+/m1/s1. The van der Waals surface area contributed by atoms with Crippen LogP contribution in [-0.4, -0.2) is 49.8 Å². The summed E-state index contributed by atoms with van der Waals surface area (Å²) < 4.78 is 16.7. The Labute approximate surface area is 155 Å². The van der Waals surface area contributed by atoms with Crippen molar-refractivity contribution >= 4 is 5.97 Å². The van der Waals surface area contributed by atoms with Crippen LogP contribution in [-0.2, 0) is 25.6 Å². The van der Waals surface area contributed by atoms with Crippen molar-refractivity contribution in [1.82, 2.24) is 4.90 Å². The molecule has 1 fully saturated rings. The lowest BCUT2D eigenvalue weighted by atomic mass is 9.96. The number of carbonyl (C=O) groups excluding carboxylic acids is 1. The Morgan fingerprint density at radius 1 is 1.23 bits per heavy atom. The maximum Gasteiger partial charge on any atom is 0.372 e. The predicted molar refractivity (Wildman–Crippen MR) is 99.4 cm³/mol.